The van der Waals surface area contributed by atoms with Crippen molar-refractivity contribution in [2.75, 3.05) is 5.75 Å². The van der Waals surface area contributed by atoms with Gasteiger partial charge < -0.3 is 4.98 Å². The largest absolute Gasteiger partial charge is 0.306 e. The molecule has 1 aromatic carbocycles. The Morgan fingerprint density at radius 1 is 1.20 bits per heavy atom. The molecule has 0 aliphatic carbocycles. The van der Waals surface area contributed by atoms with Crippen molar-refractivity contribution in [3.05, 3.63) is 68.6 Å². The zero-order valence-corrected chi connectivity index (χ0v) is 15.5. The number of thioether (sulfide) groups is 1. The van der Waals surface area contributed by atoms with Crippen molar-refractivity contribution >= 4 is 27.7 Å². The number of rotatable bonds is 2. The van der Waals surface area contributed by atoms with Gasteiger partial charge in [0.1, 0.15) is 16.2 Å². The van der Waals surface area contributed by atoms with Gasteiger partial charge in [0.15, 0.2) is 0 Å². The third-order valence-electron chi connectivity index (χ3n) is 4.12. The zero-order valence-electron chi connectivity index (χ0n) is 13.1. The standard InChI is InChI=1S/C18H13BrFN3OS/c19-16-4-2-11(8-21-16)10-1-3-12(14(20)7-10)17-22-15-5-6-25-9-13(15)18(24)23-17/h1-4,7-8H,5-6,9H2,(H,22,23,24). The van der Waals surface area contributed by atoms with E-state index in [-0.39, 0.29) is 11.4 Å². The molecule has 0 spiro atoms. The van der Waals surface area contributed by atoms with Crippen molar-refractivity contribution in [3.8, 4) is 22.5 Å². The number of benzene rings is 1. The maximum Gasteiger partial charge on any atom is 0.255 e. The van der Waals surface area contributed by atoms with E-state index in [1.54, 1.807) is 30.1 Å². The van der Waals surface area contributed by atoms with Crippen LogP contribution in [0.2, 0.25) is 0 Å². The van der Waals surface area contributed by atoms with Gasteiger partial charge in [-0.25, -0.2) is 14.4 Å². The summed E-state index contributed by atoms with van der Waals surface area (Å²) < 4.78 is 15.4. The quantitative estimate of drug-likeness (QED) is 0.635. The smallest absolute Gasteiger partial charge is 0.255 e. The van der Waals surface area contributed by atoms with Gasteiger partial charge in [0.25, 0.3) is 5.56 Å². The van der Waals surface area contributed by atoms with E-state index in [2.05, 4.69) is 30.9 Å². The number of aromatic nitrogens is 3. The van der Waals surface area contributed by atoms with Gasteiger partial charge in [-0.15, -0.1) is 0 Å². The predicted octanol–water partition coefficient (Wildman–Crippen LogP) is 4.19. The second kappa shape index (κ2) is 6.72. The lowest BCUT2D eigenvalue weighted by molar-refractivity contribution is 0.630. The van der Waals surface area contributed by atoms with E-state index in [9.17, 15) is 9.18 Å². The molecule has 0 radical (unpaired) electrons. The van der Waals surface area contributed by atoms with Crippen LogP contribution in [-0.4, -0.2) is 20.7 Å². The number of halogens is 2. The van der Waals surface area contributed by atoms with Crippen molar-refractivity contribution in [1.82, 2.24) is 15.0 Å². The number of hydrogen-bond acceptors (Lipinski definition) is 4. The summed E-state index contributed by atoms with van der Waals surface area (Å²) >= 11 is 5.00. The molecule has 0 fully saturated rings. The molecule has 1 aliphatic heterocycles. The molecule has 25 heavy (non-hydrogen) atoms. The average Bonchev–Trinajstić information content (AvgIpc) is 2.62. The average molecular weight is 418 g/mol. The normalized spacial score (nSPS) is 13.5. The van der Waals surface area contributed by atoms with Crippen LogP contribution in [0.4, 0.5) is 4.39 Å². The van der Waals surface area contributed by atoms with Crippen LogP contribution in [-0.2, 0) is 12.2 Å². The highest BCUT2D eigenvalue weighted by molar-refractivity contribution is 9.10. The van der Waals surface area contributed by atoms with Gasteiger partial charge in [-0.2, -0.15) is 11.8 Å². The minimum atomic E-state index is -0.422. The van der Waals surface area contributed by atoms with E-state index >= 15 is 0 Å². The Hall–Kier alpha value is -1.99. The van der Waals surface area contributed by atoms with Crippen LogP contribution < -0.4 is 5.56 Å². The third-order valence-corrected chi connectivity index (χ3v) is 5.57. The third kappa shape index (κ3) is 3.26. The minimum absolute atomic E-state index is 0.173. The molecule has 2 aromatic heterocycles. The SMILES string of the molecule is O=c1[nH]c(-c2ccc(-c3ccc(Br)nc3)cc2F)nc2c1CSCC2. The summed E-state index contributed by atoms with van der Waals surface area (Å²) in [5.41, 5.74) is 3.14. The Kier molecular flexibility index (Phi) is 4.43. The van der Waals surface area contributed by atoms with Crippen molar-refractivity contribution in [1.29, 1.82) is 0 Å². The van der Waals surface area contributed by atoms with Crippen molar-refractivity contribution in [2.24, 2.45) is 0 Å². The summed E-state index contributed by atoms with van der Waals surface area (Å²) in [6.07, 6.45) is 2.41. The molecule has 7 heteroatoms. The van der Waals surface area contributed by atoms with Crippen LogP contribution in [0, 0.1) is 5.82 Å². The molecule has 0 bridgehead atoms. The van der Waals surface area contributed by atoms with Crippen molar-refractivity contribution in [3.63, 3.8) is 0 Å². The second-order valence-electron chi connectivity index (χ2n) is 5.71. The fourth-order valence-electron chi connectivity index (χ4n) is 2.80. The van der Waals surface area contributed by atoms with Gasteiger partial charge in [-0.05, 0) is 51.9 Å². The molecule has 0 saturated heterocycles. The first-order chi connectivity index (χ1) is 12.1. The highest BCUT2D eigenvalue weighted by Crippen LogP contribution is 2.27. The maximum absolute atomic E-state index is 14.7. The first-order valence-corrected chi connectivity index (χ1v) is 9.68. The Balaban J connectivity index is 1.75. The summed E-state index contributed by atoms with van der Waals surface area (Å²) in [6, 6.07) is 8.56. The molecule has 4 rings (SSSR count). The molecular weight excluding hydrogens is 405 g/mol. The second-order valence-corrected chi connectivity index (χ2v) is 7.62. The molecule has 3 aromatic rings. The Bertz CT molecular complexity index is 1000. The van der Waals surface area contributed by atoms with E-state index in [0.29, 0.717) is 16.9 Å². The molecule has 0 saturated carbocycles. The number of nitrogens with one attached hydrogen (secondary N) is 1. The van der Waals surface area contributed by atoms with E-state index in [0.717, 1.165) is 33.6 Å². The van der Waals surface area contributed by atoms with Gasteiger partial charge in [-0.1, -0.05) is 12.1 Å². The van der Waals surface area contributed by atoms with Crippen LogP contribution in [0.15, 0.2) is 45.9 Å². The molecule has 126 valence electrons. The lowest BCUT2D eigenvalue weighted by Gasteiger charge is -2.15. The molecular formula is C18H13BrFN3OS. The number of fused-ring (bicyclic) bond motifs is 1. The number of aryl methyl sites for hydroxylation is 1. The number of pyridine rings is 1. The predicted molar refractivity (Wildman–Crippen MR) is 101 cm³/mol. The number of hydrogen-bond donors (Lipinski definition) is 1. The van der Waals surface area contributed by atoms with E-state index in [1.807, 2.05) is 12.1 Å². The number of aromatic amines is 1. The first kappa shape index (κ1) is 16.5. The molecule has 0 atom stereocenters. The van der Waals surface area contributed by atoms with Crippen LogP contribution >= 0.6 is 27.7 Å². The Labute approximate surface area is 156 Å². The Morgan fingerprint density at radius 2 is 2.04 bits per heavy atom. The van der Waals surface area contributed by atoms with Gasteiger partial charge in [0.05, 0.1) is 11.3 Å². The first-order valence-electron chi connectivity index (χ1n) is 7.73. The van der Waals surface area contributed by atoms with Crippen LogP contribution in [0.25, 0.3) is 22.5 Å². The zero-order chi connectivity index (χ0) is 17.4. The molecule has 1 aliphatic rings. The summed E-state index contributed by atoms with van der Waals surface area (Å²) in [6.45, 7) is 0. The highest BCUT2D eigenvalue weighted by Gasteiger charge is 2.18. The number of nitrogens with zero attached hydrogens (tertiary/aromatic N) is 2. The maximum atomic E-state index is 14.7. The van der Waals surface area contributed by atoms with Crippen molar-refractivity contribution in [2.45, 2.75) is 12.2 Å². The van der Waals surface area contributed by atoms with Gasteiger partial charge in [-0.3, -0.25) is 4.79 Å². The molecule has 4 nitrogen and oxygen atoms in total. The highest BCUT2D eigenvalue weighted by atomic mass is 79.9. The molecule has 3 heterocycles. The fourth-order valence-corrected chi connectivity index (χ4v) is 4.02. The van der Waals surface area contributed by atoms with Crippen LogP contribution in [0.5, 0.6) is 0 Å². The van der Waals surface area contributed by atoms with Crippen LogP contribution in [0.1, 0.15) is 11.3 Å². The topological polar surface area (TPSA) is 58.6 Å². The summed E-state index contributed by atoms with van der Waals surface area (Å²) in [4.78, 5) is 23.6. The summed E-state index contributed by atoms with van der Waals surface area (Å²) in [5.74, 6) is 1.46. The molecule has 0 amide bonds. The lowest BCUT2D eigenvalue weighted by Crippen LogP contribution is -2.21. The van der Waals surface area contributed by atoms with Gasteiger partial charge in [0.2, 0.25) is 0 Å². The summed E-state index contributed by atoms with van der Waals surface area (Å²) in [5, 5.41) is 0. The molecule has 1 N–H and O–H groups in total. The monoisotopic (exact) mass is 417 g/mol. The Morgan fingerprint density at radius 3 is 2.80 bits per heavy atom. The van der Waals surface area contributed by atoms with Crippen molar-refractivity contribution < 1.29 is 4.39 Å². The van der Waals surface area contributed by atoms with E-state index < -0.39 is 5.82 Å². The fraction of sp³-hybridized carbons (Fsp3) is 0.167. The van der Waals surface area contributed by atoms with E-state index in [1.165, 1.54) is 6.07 Å². The molecule has 0 unspecified atom stereocenters. The van der Waals surface area contributed by atoms with E-state index in [4.69, 9.17) is 0 Å². The van der Waals surface area contributed by atoms with Crippen LogP contribution in [0.3, 0.4) is 0 Å². The number of H-pyrrole nitrogens is 1. The summed E-state index contributed by atoms with van der Waals surface area (Å²) in [7, 11) is 0. The van der Waals surface area contributed by atoms with Gasteiger partial charge >= 0.3 is 0 Å². The van der Waals surface area contributed by atoms with Gasteiger partial charge in [0, 0.05) is 23.1 Å². The minimum Gasteiger partial charge on any atom is -0.306 e. The lowest BCUT2D eigenvalue weighted by atomic mass is 10.0.